The van der Waals surface area contributed by atoms with Crippen molar-refractivity contribution in [2.45, 2.75) is 24.2 Å². The lowest BCUT2D eigenvalue weighted by atomic mass is 10.0. The van der Waals surface area contributed by atoms with Crippen LogP contribution in [0.4, 0.5) is 17.6 Å². The summed E-state index contributed by atoms with van der Waals surface area (Å²) in [5.74, 6) is -4.99. The minimum Gasteiger partial charge on any atom is -0.354 e. The molecule has 59 heavy (non-hydrogen) atoms. The summed E-state index contributed by atoms with van der Waals surface area (Å²) in [7, 11) is 0. The van der Waals surface area contributed by atoms with E-state index in [4.69, 9.17) is 9.97 Å². The Balaban J connectivity index is 1.41. The highest BCUT2D eigenvalue weighted by molar-refractivity contribution is 7.99. The van der Waals surface area contributed by atoms with Crippen LogP contribution in [0.5, 0.6) is 0 Å². The first kappa shape index (κ1) is 38.2. The molecule has 0 saturated carbocycles. The molecule has 2 aliphatic heterocycles. The van der Waals surface area contributed by atoms with E-state index in [1.807, 2.05) is 60.7 Å². The van der Waals surface area contributed by atoms with Gasteiger partial charge in [-0.15, -0.1) is 11.8 Å². The first-order valence-electron chi connectivity index (χ1n) is 18.9. The number of thiol groups is 1. The number of benzene rings is 1. The fourth-order valence-corrected chi connectivity index (χ4v) is 8.67. The molecule has 9 rings (SSSR count). The quantitative estimate of drug-likeness (QED) is 0.0418. The van der Waals surface area contributed by atoms with Crippen LogP contribution in [-0.4, -0.2) is 46.4 Å². The molecule has 7 aromatic rings. The maximum atomic E-state index is 16.6. The third kappa shape index (κ3) is 7.25. The summed E-state index contributed by atoms with van der Waals surface area (Å²) < 4.78 is 65.3. The third-order valence-corrected chi connectivity index (χ3v) is 11.6. The lowest BCUT2D eigenvalue weighted by molar-refractivity contribution is 0.430. The number of fused-ring (bicyclic) bond motifs is 8. The Hall–Kier alpha value is -6.31. The van der Waals surface area contributed by atoms with E-state index in [0.717, 1.165) is 52.4 Å². The van der Waals surface area contributed by atoms with Gasteiger partial charge in [-0.25, -0.2) is 27.5 Å². The van der Waals surface area contributed by atoms with E-state index in [0.29, 0.717) is 51.4 Å². The topological polar surface area (TPSA) is 96.0 Å². The Morgan fingerprint density at radius 2 is 0.814 bits per heavy atom. The SMILES string of the molecule is Fc1c(F)c(-c2c3nc(c(-c4ccncc4)c4ccc([nH]4)c(-c4ccncc4)c4nc(c(-c5ccncc5)c5ccc2[nH]5)C=C4)C=C3)c(F)c(F)c1SCCCCCS. The minimum atomic E-state index is -1.51. The average Bonchev–Trinajstić information content (AvgIpc) is 4.12. The molecule has 7 nitrogen and oxygen atoms in total. The number of H-pyrrole nitrogens is 2. The predicted molar refractivity (Wildman–Crippen MR) is 232 cm³/mol. The van der Waals surface area contributed by atoms with Crippen molar-refractivity contribution >= 4 is 70.8 Å². The van der Waals surface area contributed by atoms with Crippen LogP contribution in [0.1, 0.15) is 42.0 Å². The van der Waals surface area contributed by atoms with Crippen molar-refractivity contribution < 1.29 is 17.6 Å². The van der Waals surface area contributed by atoms with Gasteiger partial charge in [0.15, 0.2) is 23.3 Å². The van der Waals surface area contributed by atoms with Gasteiger partial charge >= 0.3 is 0 Å². The maximum absolute atomic E-state index is 16.6. The van der Waals surface area contributed by atoms with E-state index in [-0.39, 0.29) is 22.5 Å². The smallest absolute Gasteiger partial charge is 0.176 e. The maximum Gasteiger partial charge on any atom is 0.176 e. The van der Waals surface area contributed by atoms with Crippen LogP contribution in [0, 0.1) is 23.3 Å². The number of nitrogens with zero attached hydrogens (tertiary/aromatic N) is 5. The summed E-state index contributed by atoms with van der Waals surface area (Å²) in [6.45, 7) is 0. The molecule has 8 bridgehead atoms. The molecule has 8 heterocycles. The molecule has 13 heteroatoms. The highest BCUT2D eigenvalue weighted by Crippen LogP contribution is 2.42. The average molecular weight is 824 g/mol. The number of rotatable bonds is 10. The Morgan fingerprint density at radius 3 is 1.20 bits per heavy atom. The molecule has 0 fully saturated rings. The van der Waals surface area contributed by atoms with Crippen LogP contribution >= 0.6 is 24.4 Å². The van der Waals surface area contributed by atoms with Gasteiger partial charge in [-0.3, -0.25) is 15.0 Å². The lowest BCUT2D eigenvalue weighted by Crippen LogP contribution is -2.04. The second-order valence-electron chi connectivity index (χ2n) is 13.8. The van der Waals surface area contributed by atoms with Crippen LogP contribution < -0.4 is 0 Å². The van der Waals surface area contributed by atoms with Gasteiger partial charge in [0.25, 0.3) is 0 Å². The van der Waals surface area contributed by atoms with Gasteiger partial charge < -0.3 is 9.97 Å². The fraction of sp³-hybridized carbons (Fsp3) is 0.109. The first-order valence-corrected chi connectivity index (χ1v) is 20.5. The Morgan fingerprint density at radius 1 is 0.441 bits per heavy atom. The molecular formula is C46H33F4N7S2. The lowest BCUT2D eigenvalue weighted by Gasteiger charge is -2.13. The standard InChI is InChI=1S/C46H33F4N7S2/c47-42-41(43(48)45(50)46(44(42)49)59-25-3-1-2-24-58)40-35-10-8-33(56-35)38(27-14-20-52-21-15-27)31-6-4-29(54-31)37(26-12-18-51-19-13-26)30-5-7-32(55-30)39(28-16-22-53-23-17-28)34-9-11-36(40)57-34/h4-23,54,57-58H,1-3,24-25H2. The van der Waals surface area contributed by atoms with E-state index in [2.05, 4.69) is 37.5 Å². The normalized spacial score (nSPS) is 12.1. The largest absolute Gasteiger partial charge is 0.354 e. The number of hydrogen-bond acceptors (Lipinski definition) is 7. The van der Waals surface area contributed by atoms with E-state index in [1.165, 1.54) is 0 Å². The zero-order chi connectivity index (χ0) is 40.5. The summed E-state index contributed by atoms with van der Waals surface area (Å²) in [4.78, 5) is 29.0. The van der Waals surface area contributed by atoms with Crippen LogP contribution in [0.25, 0.3) is 90.9 Å². The summed E-state index contributed by atoms with van der Waals surface area (Å²) in [5, 5.41) is 0. The van der Waals surface area contributed by atoms with Crippen molar-refractivity contribution in [1.29, 1.82) is 0 Å². The van der Waals surface area contributed by atoms with Crippen LogP contribution in [0.15, 0.2) is 103 Å². The molecule has 292 valence electrons. The van der Waals surface area contributed by atoms with Gasteiger partial charge in [0.1, 0.15) is 0 Å². The van der Waals surface area contributed by atoms with E-state index >= 15 is 17.6 Å². The fourth-order valence-electron chi connectivity index (χ4n) is 7.46. The molecule has 2 aliphatic rings. The van der Waals surface area contributed by atoms with Crippen LogP contribution in [0.3, 0.4) is 0 Å². The molecule has 6 aromatic heterocycles. The van der Waals surface area contributed by atoms with Crippen LogP contribution in [0.2, 0.25) is 0 Å². The van der Waals surface area contributed by atoms with Crippen molar-refractivity contribution in [1.82, 2.24) is 34.9 Å². The number of hydrogen-bond donors (Lipinski definition) is 3. The van der Waals surface area contributed by atoms with Crippen molar-refractivity contribution in [2.24, 2.45) is 0 Å². The van der Waals surface area contributed by atoms with Crippen molar-refractivity contribution in [3.8, 4) is 44.5 Å². The summed E-state index contributed by atoms with van der Waals surface area (Å²) >= 11 is 4.96. The minimum absolute atomic E-state index is 0.0887. The zero-order valence-electron chi connectivity index (χ0n) is 31.2. The number of pyridine rings is 3. The van der Waals surface area contributed by atoms with Crippen molar-refractivity contribution in [3.05, 3.63) is 144 Å². The molecule has 0 aliphatic carbocycles. The molecule has 0 radical (unpaired) electrons. The Labute approximate surface area is 345 Å². The molecular weight excluding hydrogens is 791 g/mol. The number of unbranched alkanes of at least 4 members (excludes halogenated alkanes) is 2. The second kappa shape index (κ2) is 16.5. The molecule has 0 saturated heterocycles. The first-order chi connectivity index (χ1) is 28.9. The highest BCUT2D eigenvalue weighted by atomic mass is 32.2. The number of halogens is 4. The number of nitrogens with one attached hydrogen (secondary N) is 2. The van der Waals surface area contributed by atoms with Gasteiger partial charge in [-0.05, 0) is 126 Å². The Kier molecular flexibility index (Phi) is 10.7. The van der Waals surface area contributed by atoms with Gasteiger partial charge in [0, 0.05) is 81.5 Å². The van der Waals surface area contributed by atoms with Crippen molar-refractivity contribution in [2.75, 3.05) is 11.5 Å². The number of aromatic nitrogens is 7. The number of aromatic amines is 2. The third-order valence-electron chi connectivity index (χ3n) is 10.2. The van der Waals surface area contributed by atoms with Crippen LogP contribution in [-0.2, 0) is 0 Å². The number of thioether (sulfide) groups is 1. The van der Waals surface area contributed by atoms with Gasteiger partial charge in [0.2, 0.25) is 0 Å². The summed E-state index contributed by atoms with van der Waals surface area (Å²) in [6.07, 6.45) is 19.4. The van der Waals surface area contributed by atoms with E-state index in [1.54, 1.807) is 61.5 Å². The van der Waals surface area contributed by atoms with Crippen molar-refractivity contribution in [3.63, 3.8) is 0 Å². The molecule has 1 aromatic carbocycles. The second-order valence-corrected chi connectivity index (χ2v) is 15.4. The van der Waals surface area contributed by atoms with Gasteiger partial charge in [-0.2, -0.15) is 12.6 Å². The van der Waals surface area contributed by atoms with Gasteiger partial charge in [-0.1, -0.05) is 6.42 Å². The van der Waals surface area contributed by atoms with Gasteiger partial charge in [0.05, 0.1) is 33.2 Å². The highest BCUT2D eigenvalue weighted by Gasteiger charge is 2.30. The van der Waals surface area contributed by atoms with E-state index in [9.17, 15) is 0 Å². The zero-order valence-corrected chi connectivity index (χ0v) is 32.9. The Bertz CT molecular complexity index is 2880. The monoisotopic (exact) mass is 823 g/mol. The molecule has 0 amide bonds. The molecule has 0 spiro atoms. The summed E-state index contributed by atoms with van der Waals surface area (Å²) in [6, 6.07) is 18.4. The predicted octanol–water partition coefficient (Wildman–Crippen LogP) is 12.3. The molecule has 0 unspecified atom stereocenters. The summed E-state index contributed by atoms with van der Waals surface area (Å²) in [5.41, 5.74) is 7.43. The molecule has 0 atom stereocenters. The molecule has 2 N–H and O–H groups in total. The van der Waals surface area contributed by atoms with E-state index < -0.39 is 33.7 Å².